The highest BCUT2D eigenvalue weighted by molar-refractivity contribution is 8.14. The zero-order valence-electron chi connectivity index (χ0n) is 17.5. The first kappa shape index (κ1) is 23.4. The fourth-order valence-corrected chi connectivity index (χ4v) is 4.85. The number of hydrogen-bond acceptors (Lipinski definition) is 5. The van der Waals surface area contributed by atoms with Crippen LogP contribution in [0.3, 0.4) is 0 Å². The number of carbonyl (C=O) groups excluding carboxylic acids is 1. The lowest BCUT2D eigenvalue weighted by Gasteiger charge is -2.40. The average Bonchev–Trinajstić information content (AvgIpc) is 2.72. The van der Waals surface area contributed by atoms with Crippen LogP contribution in [0.25, 0.3) is 0 Å². The van der Waals surface area contributed by atoms with Gasteiger partial charge in [0.2, 0.25) is 5.12 Å². The highest BCUT2D eigenvalue weighted by Gasteiger charge is 2.51. The number of nitrogens with zero attached hydrogens (tertiary/aromatic N) is 1. The van der Waals surface area contributed by atoms with Crippen molar-refractivity contribution in [2.45, 2.75) is 58.9 Å². The first-order chi connectivity index (χ1) is 14.0. The van der Waals surface area contributed by atoms with Crippen LogP contribution in [0, 0.1) is 5.41 Å². The number of aliphatic imine (C=N–C) groups is 1. The highest BCUT2D eigenvalue weighted by atomic mass is 32.2. The molecule has 2 atom stereocenters. The molecule has 0 bridgehead atoms. The van der Waals surface area contributed by atoms with Gasteiger partial charge in [0.15, 0.2) is 0 Å². The van der Waals surface area contributed by atoms with Crippen LogP contribution in [0.2, 0.25) is 0 Å². The number of benzene rings is 1. The largest absolute Gasteiger partial charge is 0.480 e. The smallest absolute Gasteiger partial charge is 0.319 e. The number of rotatable bonds is 10. The summed E-state index contributed by atoms with van der Waals surface area (Å²) in [6.07, 6.45) is 2.41. The molecule has 2 N–H and O–H groups in total. The van der Waals surface area contributed by atoms with Crippen molar-refractivity contribution in [2.75, 3.05) is 12.4 Å². The number of aliphatic carboxylic acids is 1. The van der Waals surface area contributed by atoms with Gasteiger partial charge in [0.05, 0.1) is 11.8 Å². The monoisotopic (exact) mass is 417 g/mol. The van der Waals surface area contributed by atoms with E-state index in [2.05, 4.69) is 0 Å². The Balaban J connectivity index is 2.84. The van der Waals surface area contributed by atoms with Crippen molar-refractivity contribution in [3.8, 4) is 0 Å². The molecule has 0 amide bonds. The van der Waals surface area contributed by atoms with Crippen LogP contribution >= 0.6 is 11.8 Å². The fraction of sp³-hybridized carbons (Fsp3) is 0.522. The summed E-state index contributed by atoms with van der Waals surface area (Å²) in [5.74, 6) is -0.356. The average molecular weight is 418 g/mol. The van der Waals surface area contributed by atoms with E-state index in [1.54, 1.807) is 0 Å². The molecule has 0 saturated carbocycles. The number of carbonyl (C=O) groups is 2. The number of aliphatic hydroxyl groups excluding tert-OH is 1. The SMILES string of the molecule is CCCC1(C(=O)O)C(c2ccccc2)=NC(CC)C(C(=O)SCC)=C1CCCO. The van der Waals surface area contributed by atoms with Gasteiger partial charge in [0, 0.05) is 12.2 Å². The Morgan fingerprint density at radius 1 is 1.17 bits per heavy atom. The molecule has 0 spiro atoms. The van der Waals surface area contributed by atoms with Gasteiger partial charge in [0.25, 0.3) is 0 Å². The van der Waals surface area contributed by atoms with E-state index in [1.165, 1.54) is 11.8 Å². The predicted molar refractivity (Wildman–Crippen MR) is 119 cm³/mol. The lowest BCUT2D eigenvalue weighted by Crippen LogP contribution is -2.47. The molecular weight excluding hydrogens is 386 g/mol. The van der Waals surface area contributed by atoms with Crippen LogP contribution in [0.4, 0.5) is 0 Å². The van der Waals surface area contributed by atoms with Gasteiger partial charge in [-0.05, 0) is 42.6 Å². The molecule has 1 aromatic carbocycles. The van der Waals surface area contributed by atoms with Crippen molar-refractivity contribution >= 4 is 28.6 Å². The van der Waals surface area contributed by atoms with E-state index in [9.17, 15) is 19.8 Å². The van der Waals surface area contributed by atoms with Crippen LogP contribution < -0.4 is 0 Å². The standard InChI is InChI=1S/C23H31NO4S/c1-4-14-23(22(27)28)17(13-10-15-25)19(21(26)29-6-3)18(5-2)24-20(23)16-11-8-7-9-12-16/h7-9,11-12,18,25H,4-6,10,13-15H2,1-3H3,(H,27,28). The Kier molecular flexibility index (Phi) is 8.65. The molecular formula is C23H31NO4S. The lowest BCUT2D eigenvalue weighted by atomic mass is 9.65. The minimum Gasteiger partial charge on any atom is -0.480 e. The van der Waals surface area contributed by atoms with Crippen LogP contribution in [0.5, 0.6) is 0 Å². The van der Waals surface area contributed by atoms with Gasteiger partial charge in [-0.3, -0.25) is 14.6 Å². The summed E-state index contributed by atoms with van der Waals surface area (Å²) in [7, 11) is 0. The van der Waals surface area contributed by atoms with Crippen LogP contribution in [-0.2, 0) is 9.59 Å². The molecule has 1 aliphatic heterocycles. The van der Waals surface area contributed by atoms with E-state index in [4.69, 9.17) is 4.99 Å². The molecule has 0 aliphatic carbocycles. The summed E-state index contributed by atoms with van der Waals surface area (Å²) >= 11 is 1.20. The van der Waals surface area contributed by atoms with Gasteiger partial charge in [-0.2, -0.15) is 0 Å². The molecule has 0 aromatic heterocycles. The van der Waals surface area contributed by atoms with Crippen molar-refractivity contribution in [3.05, 3.63) is 47.0 Å². The molecule has 2 unspecified atom stereocenters. The second-order valence-corrected chi connectivity index (χ2v) is 8.40. The number of thioether (sulfide) groups is 1. The molecule has 0 saturated heterocycles. The number of carboxylic acids is 1. The molecule has 158 valence electrons. The van der Waals surface area contributed by atoms with E-state index in [1.807, 2.05) is 51.1 Å². The third-order valence-corrected chi connectivity index (χ3v) is 6.14. The molecule has 1 heterocycles. The number of aliphatic hydroxyl groups is 1. The number of carboxylic acid groups (broad SMARTS) is 1. The van der Waals surface area contributed by atoms with Crippen molar-refractivity contribution in [2.24, 2.45) is 10.4 Å². The van der Waals surface area contributed by atoms with Gasteiger partial charge >= 0.3 is 5.97 Å². The summed E-state index contributed by atoms with van der Waals surface area (Å²) in [5, 5.41) is 19.9. The van der Waals surface area contributed by atoms with Gasteiger partial charge < -0.3 is 10.2 Å². The van der Waals surface area contributed by atoms with E-state index in [0.717, 1.165) is 5.56 Å². The molecule has 0 radical (unpaired) electrons. The van der Waals surface area contributed by atoms with Crippen molar-refractivity contribution < 1.29 is 19.8 Å². The second-order valence-electron chi connectivity index (χ2n) is 7.17. The van der Waals surface area contributed by atoms with Gasteiger partial charge in [-0.15, -0.1) is 0 Å². The van der Waals surface area contributed by atoms with Crippen molar-refractivity contribution in [1.82, 2.24) is 0 Å². The predicted octanol–water partition coefficient (Wildman–Crippen LogP) is 4.49. The zero-order chi connectivity index (χ0) is 21.4. The topological polar surface area (TPSA) is 87.0 Å². The number of dihydropyridines is 1. The third kappa shape index (κ3) is 4.64. The van der Waals surface area contributed by atoms with Crippen molar-refractivity contribution in [3.63, 3.8) is 0 Å². The Bertz CT molecular complexity index is 787. The fourth-order valence-electron chi connectivity index (χ4n) is 4.17. The number of hydrogen-bond donors (Lipinski definition) is 2. The lowest BCUT2D eigenvalue weighted by molar-refractivity contribution is -0.143. The normalized spacial score (nSPS) is 21.8. The van der Waals surface area contributed by atoms with E-state index < -0.39 is 11.4 Å². The maximum atomic E-state index is 13.1. The van der Waals surface area contributed by atoms with Crippen LogP contribution in [0.1, 0.15) is 58.4 Å². The molecule has 5 nitrogen and oxygen atoms in total. The summed E-state index contributed by atoms with van der Waals surface area (Å²) in [6.45, 7) is 5.78. The van der Waals surface area contributed by atoms with E-state index >= 15 is 0 Å². The molecule has 2 rings (SSSR count). The van der Waals surface area contributed by atoms with E-state index in [0.29, 0.717) is 54.7 Å². The van der Waals surface area contributed by atoms with Gasteiger partial charge in [-0.25, -0.2) is 0 Å². The first-order valence-corrected chi connectivity index (χ1v) is 11.3. The Morgan fingerprint density at radius 2 is 1.86 bits per heavy atom. The Morgan fingerprint density at radius 3 is 2.38 bits per heavy atom. The summed E-state index contributed by atoms with van der Waals surface area (Å²) < 4.78 is 0. The molecule has 0 fully saturated rings. The van der Waals surface area contributed by atoms with Crippen molar-refractivity contribution in [1.29, 1.82) is 0 Å². The molecule has 1 aromatic rings. The highest BCUT2D eigenvalue weighted by Crippen LogP contribution is 2.47. The first-order valence-electron chi connectivity index (χ1n) is 10.4. The van der Waals surface area contributed by atoms with Gasteiger partial charge in [0.1, 0.15) is 5.41 Å². The molecule has 6 heteroatoms. The second kappa shape index (κ2) is 10.7. The maximum Gasteiger partial charge on any atom is 0.319 e. The summed E-state index contributed by atoms with van der Waals surface area (Å²) in [4.78, 5) is 30.8. The summed E-state index contributed by atoms with van der Waals surface area (Å²) in [5.41, 5.74) is 1.12. The zero-order valence-corrected chi connectivity index (χ0v) is 18.3. The minimum absolute atomic E-state index is 0.0533. The van der Waals surface area contributed by atoms with Gasteiger partial charge in [-0.1, -0.05) is 69.3 Å². The Hall–Kier alpha value is -1.92. The third-order valence-electron chi connectivity index (χ3n) is 5.37. The van der Waals surface area contributed by atoms with Crippen LogP contribution in [-0.4, -0.2) is 45.4 Å². The van der Waals surface area contributed by atoms with Crippen LogP contribution in [0.15, 0.2) is 46.5 Å². The van der Waals surface area contributed by atoms with E-state index in [-0.39, 0.29) is 17.8 Å². The Labute approximate surface area is 177 Å². The quantitative estimate of drug-likeness (QED) is 0.586. The minimum atomic E-state index is -1.35. The molecule has 29 heavy (non-hydrogen) atoms. The summed E-state index contributed by atoms with van der Waals surface area (Å²) in [6, 6.07) is 9.05. The maximum absolute atomic E-state index is 13.1. The molecule has 1 aliphatic rings.